The first-order valence-corrected chi connectivity index (χ1v) is 10.6. The summed E-state index contributed by atoms with van der Waals surface area (Å²) in [6.07, 6.45) is -0.109. The van der Waals surface area contributed by atoms with Crippen LogP contribution in [0.25, 0.3) is 10.6 Å². The molecule has 0 spiro atoms. The van der Waals surface area contributed by atoms with Gasteiger partial charge in [-0.15, -0.1) is 11.3 Å². The largest absolute Gasteiger partial charge is 0.379 e. The number of hydrogen-bond donors (Lipinski definition) is 1. The van der Waals surface area contributed by atoms with Crippen molar-refractivity contribution in [2.45, 2.75) is 13.0 Å². The van der Waals surface area contributed by atoms with E-state index in [4.69, 9.17) is 4.74 Å². The monoisotopic (exact) mass is 447 g/mol. The Kier molecular flexibility index (Phi) is 6.64. The lowest BCUT2D eigenvalue weighted by Gasteiger charge is -2.26. The zero-order chi connectivity index (χ0) is 21.8. The second-order valence-corrected chi connectivity index (χ2v) is 8.04. The van der Waals surface area contributed by atoms with Gasteiger partial charge in [-0.1, -0.05) is 18.2 Å². The summed E-state index contributed by atoms with van der Waals surface area (Å²) < 4.78 is 45.5. The van der Waals surface area contributed by atoms with Crippen molar-refractivity contribution in [1.29, 1.82) is 0 Å². The van der Waals surface area contributed by atoms with Crippen molar-refractivity contribution in [3.8, 4) is 10.6 Å². The minimum absolute atomic E-state index is 0.109. The molecule has 9 heteroatoms. The van der Waals surface area contributed by atoms with E-state index in [1.165, 1.54) is 16.9 Å². The number of carbonyl (C=O) groups is 1. The maximum atomic E-state index is 13.7. The fourth-order valence-electron chi connectivity index (χ4n) is 3.32. The number of nitrogens with one attached hydrogen (secondary N) is 1. The minimum atomic E-state index is -1.62. The lowest BCUT2D eigenvalue weighted by Crippen LogP contribution is -2.35. The van der Waals surface area contributed by atoms with Gasteiger partial charge in [0.2, 0.25) is 5.91 Å². The Morgan fingerprint density at radius 1 is 1.13 bits per heavy atom. The van der Waals surface area contributed by atoms with Crippen molar-refractivity contribution in [1.82, 2.24) is 9.88 Å². The van der Waals surface area contributed by atoms with Gasteiger partial charge in [0, 0.05) is 30.6 Å². The van der Waals surface area contributed by atoms with Crippen LogP contribution in [0.4, 0.5) is 18.9 Å². The van der Waals surface area contributed by atoms with E-state index in [9.17, 15) is 18.0 Å². The van der Waals surface area contributed by atoms with Crippen molar-refractivity contribution in [2.75, 3.05) is 31.6 Å². The topological polar surface area (TPSA) is 54.5 Å². The van der Waals surface area contributed by atoms with Gasteiger partial charge in [-0.05, 0) is 23.8 Å². The first-order valence-electron chi connectivity index (χ1n) is 9.77. The Labute approximate surface area is 181 Å². The predicted octanol–water partition coefficient (Wildman–Crippen LogP) is 4.24. The number of halogens is 3. The molecule has 2 heterocycles. The van der Waals surface area contributed by atoms with Gasteiger partial charge in [-0.3, -0.25) is 9.69 Å². The SMILES string of the molecule is O=C(Cc1csc(-c2cccc(CN3CCOCC3)c2)n1)Nc1ccc(F)c(F)c1F. The molecule has 1 aliphatic heterocycles. The quantitative estimate of drug-likeness (QED) is 0.575. The molecule has 5 nitrogen and oxygen atoms in total. The van der Waals surface area contributed by atoms with Gasteiger partial charge in [-0.25, -0.2) is 18.2 Å². The Bertz CT molecular complexity index is 1080. The molecule has 1 N–H and O–H groups in total. The highest BCUT2D eigenvalue weighted by Crippen LogP contribution is 2.26. The number of hydrogen-bond acceptors (Lipinski definition) is 5. The van der Waals surface area contributed by atoms with Crippen LogP contribution in [0.2, 0.25) is 0 Å². The molecule has 1 aliphatic rings. The Morgan fingerprint density at radius 3 is 2.74 bits per heavy atom. The van der Waals surface area contributed by atoms with E-state index in [-0.39, 0.29) is 6.42 Å². The molecule has 0 bridgehead atoms. The number of aromatic nitrogens is 1. The van der Waals surface area contributed by atoms with E-state index in [1.54, 1.807) is 5.38 Å². The van der Waals surface area contributed by atoms with Gasteiger partial charge in [0.05, 0.1) is 31.0 Å². The average Bonchev–Trinajstić information content (AvgIpc) is 3.23. The fourth-order valence-corrected chi connectivity index (χ4v) is 4.14. The summed E-state index contributed by atoms with van der Waals surface area (Å²) in [6.45, 7) is 4.12. The molecule has 1 fully saturated rings. The molecular weight excluding hydrogens is 427 g/mol. The molecule has 1 saturated heterocycles. The van der Waals surface area contributed by atoms with E-state index >= 15 is 0 Å². The summed E-state index contributed by atoms with van der Waals surface area (Å²) in [4.78, 5) is 19.0. The van der Waals surface area contributed by atoms with Crippen LogP contribution in [0, 0.1) is 17.5 Å². The van der Waals surface area contributed by atoms with E-state index in [0.717, 1.165) is 55.6 Å². The van der Waals surface area contributed by atoms with Crippen molar-refractivity contribution in [2.24, 2.45) is 0 Å². The van der Waals surface area contributed by atoms with Crippen LogP contribution in [0.1, 0.15) is 11.3 Å². The zero-order valence-corrected chi connectivity index (χ0v) is 17.4. The highest BCUT2D eigenvalue weighted by Gasteiger charge is 2.17. The lowest BCUT2D eigenvalue weighted by molar-refractivity contribution is -0.115. The third-order valence-corrected chi connectivity index (χ3v) is 5.83. The molecule has 31 heavy (non-hydrogen) atoms. The molecule has 0 atom stereocenters. The summed E-state index contributed by atoms with van der Waals surface area (Å²) in [7, 11) is 0. The number of thiazole rings is 1. The zero-order valence-electron chi connectivity index (χ0n) is 16.5. The fraction of sp³-hybridized carbons (Fsp3) is 0.273. The lowest BCUT2D eigenvalue weighted by atomic mass is 10.1. The molecule has 1 amide bonds. The molecule has 2 aromatic carbocycles. The number of nitrogens with zero attached hydrogens (tertiary/aromatic N) is 2. The van der Waals surface area contributed by atoms with Crippen LogP contribution in [-0.4, -0.2) is 42.1 Å². The van der Waals surface area contributed by atoms with Crippen molar-refractivity contribution < 1.29 is 22.7 Å². The van der Waals surface area contributed by atoms with E-state index in [2.05, 4.69) is 27.3 Å². The van der Waals surface area contributed by atoms with Crippen LogP contribution < -0.4 is 5.32 Å². The minimum Gasteiger partial charge on any atom is -0.379 e. The van der Waals surface area contributed by atoms with Crippen molar-refractivity contribution in [3.05, 3.63) is 70.5 Å². The van der Waals surface area contributed by atoms with E-state index in [1.807, 2.05) is 12.1 Å². The Morgan fingerprint density at radius 2 is 1.94 bits per heavy atom. The Hall–Kier alpha value is -2.75. The predicted molar refractivity (Wildman–Crippen MR) is 112 cm³/mol. The van der Waals surface area contributed by atoms with Gasteiger partial charge in [0.25, 0.3) is 0 Å². The summed E-state index contributed by atoms with van der Waals surface area (Å²) in [5.41, 5.74) is 2.23. The standard InChI is InChI=1S/C22H20F3N3O2S/c23-17-4-5-18(21(25)20(17)24)27-19(29)11-16-13-31-22(26-16)15-3-1-2-14(10-15)12-28-6-8-30-9-7-28/h1-5,10,13H,6-9,11-12H2,(H,27,29). The summed E-state index contributed by atoms with van der Waals surface area (Å²) in [5, 5.41) is 4.78. The molecule has 0 saturated carbocycles. The van der Waals surface area contributed by atoms with Gasteiger partial charge < -0.3 is 10.1 Å². The maximum Gasteiger partial charge on any atom is 0.230 e. The number of morpholine rings is 1. The van der Waals surface area contributed by atoms with Gasteiger partial charge >= 0.3 is 0 Å². The first kappa shape index (κ1) is 21.5. The molecule has 0 radical (unpaired) electrons. The molecule has 3 aromatic rings. The molecule has 0 aliphatic carbocycles. The third-order valence-electron chi connectivity index (χ3n) is 4.89. The number of rotatable bonds is 6. The highest BCUT2D eigenvalue weighted by atomic mass is 32.1. The molecule has 4 rings (SSSR count). The summed E-state index contributed by atoms with van der Waals surface area (Å²) in [5.74, 6) is -4.92. The maximum absolute atomic E-state index is 13.7. The van der Waals surface area contributed by atoms with Crippen LogP contribution >= 0.6 is 11.3 Å². The number of ether oxygens (including phenoxy) is 1. The normalized spacial score (nSPS) is 14.5. The molecule has 0 unspecified atom stereocenters. The van der Waals surface area contributed by atoms with Gasteiger partial charge in [-0.2, -0.15) is 0 Å². The molecular formula is C22H20F3N3O2S. The van der Waals surface area contributed by atoms with Crippen LogP contribution in [-0.2, 0) is 22.5 Å². The van der Waals surface area contributed by atoms with Crippen molar-refractivity contribution >= 4 is 22.9 Å². The van der Waals surface area contributed by atoms with Gasteiger partial charge in [0.15, 0.2) is 17.5 Å². The smallest absolute Gasteiger partial charge is 0.230 e. The number of amides is 1. The third kappa shape index (κ3) is 5.30. The highest BCUT2D eigenvalue weighted by molar-refractivity contribution is 7.13. The van der Waals surface area contributed by atoms with E-state index < -0.39 is 29.0 Å². The van der Waals surface area contributed by atoms with Crippen LogP contribution in [0.5, 0.6) is 0 Å². The number of anilines is 1. The summed E-state index contributed by atoms with van der Waals surface area (Å²) in [6, 6.07) is 9.83. The summed E-state index contributed by atoms with van der Waals surface area (Å²) >= 11 is 1.40. The van der Waals surface area contributed by atoms with Crippen molar-refractivity contribution in [3.63, 3.8) is 0 Å². The Balaban J connectivity index is 1.40. The van der Waals surface area contributed by atoms with E-state index in [0.29, 0.717) is 5.69 Å². The number of carbonyl (C=O) groups excluding carboxylic acids is 1. The first-order chi connectivity index (χ1) is 15.0. The van der Waals surface area contributed by atoms with Crippen LogP contribution in [0.15, 0.2) is 41.8 Å². The molecule has 1 aromatic heterocycles. The van der Waals surface area contributed by atoms with Crippen LogP contribution in [0.3, 0.4) is 0 Å². The average molecular weight is 447 g/mol. The van der Waals surface area contributed by atoms with Gasteiger partial charge in [0.1, 0.15) is 5.01 Å². The number of benzene rings is 2. The second kappa shape index (κ2) is 9.59. The second-order valence-electron chi connectivity index (χ2n) is 7.18. The molecule has 162 valence electrons.